The van der Waals surface area contributed by atoms with Crippen LogP contribution in [0.4, 0.5) is 0 Å². The van der Waals surface area contributed by atoms with E-state index < -0.39 is 0 Å². The summed E-state index contributed by atoms with van der Waals surface area (Å²) in [5, 5.41) is 3.97. The molecule has 0 radical (unpaired) electrons. The molecule has 0 unspecified atom stereocenters. The van der Waals surface area contributed by atoms with Gasteiger partial charge in [0.15, 0.2) is 5.76 Å². The third kappa shape index (κ3) is 4.20. The Hall–Kier alpha value is -2.34. The summed E-state index contributed by atoms with van der Waals surface area (Å²) in [6.07, 6.45) is 3.63. The number of ether oxygens (including phenoxy) is 2. The van der Waals surface area contributed by atoms with Gasteiger partial charge in [-0.25, -0.2) is 0 Å². The molecule has 0 spiro atoms. The van der Waals surface area contributed by atoms with Crippen LogP contribution >= 0.6 is 0 Å². The number of nitrogens with zero attached hydrogens (tertiary/aromatic N) is 2. The smallest absolute Gasteiger partial charge is 0.310 e. The van der Waals surface area contributed by atoms with E-state index in [1.54, 1.807) is 13.3 Å². The highest BCUT2D eigenvalue weighted by Gasteiger charge is 2.27. The Morgan fingerprint density at radius 1 is 1.44 bits per heavy atom. The van der Waals surface area contributed by atoms with Crippen LogP contribution in [-0.4, -0.2) is 42.8 Å². The predicted octanol–water partition coefficient (Wildman–Crippen LogP) is 3.13. The molecule has 1 atom stereocenters. The molecule has 1 aliphatic rings. The van der Waals surface area contributed by atoms with Crippen molar-refractivity contribution in [1.29, 1.82) is 0 Å². The number of methoxy groups -OCH3 is 1. The van der Waals surface area contributed by atoms with Gasteiger partial charge < -0.3 is 14.0 Å². The number of esters is 1. The molecule has 0 amide bonds. The Morgan fingerprint density at radius 3 is 3.12 bits per heavy atom. The SMILES string of the molecule is CCOC(=O)[C@@H]1CCCN(Cc2cnoc2-c2cccc(OC)c2)C1. The van der Waals surface area contributed by atoms with Crippen molar-refractivity contribution in [3.05, 3.63) is 36.0 Å². The number of rotatable bonds is 6. The van der Waals surface area contributed by atoms with E-state index in [1.807, 2.05) is 31.2 Å². The van der Waals surface area contributed by atoms with Crippen molar-refractivity contribution in [1.82, 2.24) is 10.1 Å². The van der Waals surface area contributed by atoms with Gasteiger partial charge in [-0.2, -0.15) is 0 Å². The summed E-state index contributed by atoms with van der Waals surface area (Å²) in [5.41, 5.74) is 1.95. The Balaban J connectivity index is 1.71. The summed E-state index contributed by atoms with van der Waals surface area (Å²) in [6, 6.07) is 7.73. The quantitative estimate of drug-likeness (QED) is 0.750. The molecule has 25 heavy (non-hydrogen) atoms. The maximum absolute atomic E-state index is 12.0. The predicted molar refractivity (Wildman–Crippen MR) is 93.1 cm³/mol. The Morgan fingerprint density at radius 2 is 2.32 bits per heavy atom. The first-order chi connectivity index (χ1) is 12.2. The fraction of sp³-hybridized carbons (Fsp3) is 0.474. The number of aromatic nitrogens is 1. The average molecular weight is 344 g/mol. The Bertz CT molecular complexity index is 713. The minimum absolute atomic E-state index is 0.0474. The molecule has 1 fully saturated rings. The lowest BCUT2D eigenvalue weighted by Gasteiger charge is -2.31. The molecule has 1 saturated heterocycles. The summed E-state index contributed by atoms with van der Waals surface area (Å²) in [4.78, 5) is 14.3. The highest BCUT2D eigenvalue weighted by atomic mass is 16.5. The third-order valence-corrected chi connectivity index (χ3v) is 4.50. The lowest BCUT2D eigenvalue weighted by atomic mass is 9.97. The van der Waals surface area contributed by atoms with E-state index >= 15 is 0 Å². The molecule has 6 heteroatoms. The third-order valence-electron chi connectivity index (χ3n) is 4.50. The van der Waals surface area contributed by atoms with E-state index in [0.717, 1.165) is 42.0 Å². The lowest BCUT2D eigenvalue weighted by molar-refractivity contribution is -0.150. The molecule has 1 aromatic heterocycles. The van der Waals surface area contributed by atoms with Crippen LogP contribution in [0.25, 0.3) is 11.3 Å². The normalized spacial score (nSPS) is 18.1. The van der Waals surface area contributed by atoms with Gasteiger partial charge in [0.25, 0.3) is 0 Å². The van der Waals surface area contributed by atoms with Crippen LogP contribution in [0.15, 0.2) is 35.0 Å². The molecule has 2 heterocycles. The van der Waals surface area contributed by atoms with Gasteiger partial charge in [0.2, 0.25) is 0 Å². The topological polar surface area (TPSA) is 64.8 Å². The summed E-state index contributed by atoms with van der Waals surface area (Å²) < 4.78 is 15.9. The zero-order valence-corrected chi connectivity index (χ0v) is 14.7. The summed E-state index contributed by atoms with van der Waals surface area (Å²) in [7, 11) is 1.64. The fourth-order valence-electron chi connectivity index (χ4n) is 3.27. The molecule has 3 rings (SSSR count). The fourth-order valence-corrected chi connectivity index (χ4v) is 3.27. The molecule has 0 aliphatic carbocycles. The van der Waals surface area contributed by atoms with Gasteiger partial charge in [0.05, 0.1) is 25.8 Å². The molecule has 0 saturated carbocycles. The van der Waals surface area contributed by atoms with Crippen LogP contribution in [0.1, 0.15) is 25.3 Å². The standard InChI is InChI=1S/C19H24N2O4/c1-3-24-19(22)15-7-5-9-21(12-15)13-16-11-20-25-18(16)14-6-4-8-17(10-14)23-2/h4,6,8,10-11,15H,3,5,7,9,12-13H2,1-2H3/t15-/m1/s1. The zero-order chi connectivity index (χ0) is 17.6. The molecular weight excluding hydrogens is 320 g/mol. The number of likely N-dealkylation sites (tertiary alicyclic amines) is 1. The van der Waals surface area contributed by atoms with Gasteiger partial charge in [0, 0.05) is 24.2 Å². The van der Waals surface area contributed by atoms with Crippen LogP contribution in [0.3, 0.4) is 0 Å². The van der Waals surface area contributed by atoms with Gasteiger partial charge in [-0.3, -0.25) is 9.69 Å². The van der Waals surface area contributed by atoms with E-state index in [2.05, 4.69) is 10.1 Å². The minimum Gasteiger partial charge on any atom is -0.497 e. The van der Waals surface area contributed by atoms with Gasteiger partial charge in [-0.1, -0.05) is 17.3 Å². The monoisotopic (exact) mass is 344 g/mol. The van der Waals surface area contributed by atoms with Gasteiger partial charge in [-0.15, -0.1) is 0 Å². The summed E-state index contributed by atoms with van der Waals surface area (Å²) in [6.45, 7) is 4.64. The number of hydrogen-bond donors (Lipinski definition) is 0. The van der Waals surface area contributed by atoms with Crippen molar-refractivity contribution >= 4 is 5.97 Å². The lowest BCUT2D eigenvalue weighted by Crippen LogP contribution is -2.38. The van der Waals surface area contributed by atoms with Crippen molar-refractivity contribution in [3.63, 3.8) is 0 Å². The molecule has 1 aromatic carbocycles. The second-order valence-electron chi connectivity index (χ2n) is 6.24. The van der Waals surface area contributed by atoms with E-state index in [0.29, 0.717) is 19.7 Å². The number of carbonyl (C=O) groups is 1. The second-order valence-corrected chi connectivity index (χ2v) is 6.24. The van der Waals surface area contributed by atoms with E-state index in [1.165, 1.54) is 0 Å². The van der Waals surface area contributed by atoms with Crippen molar-refractivity contribution in [2.75, 3.05) is 26.8 Å². The van der Waals surface area contributed by atoms with Crippen LogP contribution < -0.4 is 4.74 Å². The molecule has 1 aliphatic heterocycles. The Labute approximate surface area is 147 Å². The average Bonchev–Trinajstić information content (AvgIpc) is 3.10. The largest absolute Gasteiger partial charge is 0.497 e. The Kier molecular flexibility index (Phi) is 5.71. The molecule has 0 N–H and O–H groups in total. The van der Waals surface area contributed by atoms with Crippen molar-refractivity contribution in [2.24, 2.45) is 5.92 Å². The van der Waals surface area contributed by atoms with E-state index in [-0.39, 0.29) is 11.9 Å². The van der Waals surface area contributed by atoms with Crippen LogP contribution in [0, 0.1) is 5.92 Å². The van der Waals surface area contributed by atoms with E-state index in [4.69, 9.17) is 14.0 Å². The first-order valence-electron chi connectivity index (χ1n) is 8.68. The van der Waals surface area contributed by atoms with Crippen molar-refractivity contribution < 1.29 is 18.8 Å². The second kappa shape index (κ2) is 8.16. The maximum atomic E-state index is 12.0. The van der Waals surface area contributed by atoms with Crippen LogP contribution in [0.2, 0.25) is 0 Å². The highest BCUT2D eigenvalue weighted by Crippen LogP contribution is 2.29. The van der Waals surface area contributed by atoms with E-state index in [9.17, 15) is 4.79 Å². The molecule has 2 aromatic rings. The van der Waals surface area contributed by atoms with Crippen molar-refractivity contribution in [2.45, 2.75) is 26.3 Å². The van der Waals surface area contributed by atoms with Crippen LogP contribution in [-0.2, 0) is 16.1 Å². The summed E-state index contributed by atoms with van der Waals surface area (Å²) >= 11 is 0. The molecule has 6 nitrogen and oxygen atoms in total. The first-order valence-corrected chi connectivity index (χ1v) is 8.68. The van der Waals surface area contributed by atoms with Crippen LogP contribution in [0.5, 0.6) is 5.75 Å². The molecule has 134 valence electrons. The number of carbonyl (C=O) groups excluding carboxylic acids is 1. The first kappa shape index (κ1) is 17.5. The molecular formula is C19H24N2O4. The minimum atomic E-state index is -0.0921. The number of hydrogen-bond acceptors (Lipinski definition) is 6. The zero-order valence-electron chi connectivity index (χ0n) is 14.7. The number of benzene rings is 1. The van der Waals surface area contributed by atoms with Gasteiger partial charge >= 0.3 is 5.97 Å². The van der Waals surface area contributed by atoms with Crippen molar-refractivity contribution in [3.8, 4) is 17.1 Å². The van der Waals surface area contributed by atoms with Gasteiger partial charge in [0.1, 0.15) is 5.75 Å². The molecule has 0 bridgehead atoms. The number of piperidine rings is 1. The summed E-state index contributed by atoms with van der Waals surface area (Å²) in [5.74, 6) is 1.39. The maximum Gasteiger partial charge on any atom is 0.310 e. The highest BCUT2D eigenvalue weighted by molar-refractivity contribution is 5.72. The van der Waals surface area contributed by atoms with Gasteiger partial charge in [-0.05, 0) is 38.4 Å².